The minimum absolute atomic E-state index is 0.308. The number of benzene rings is 1. The predicted molar refractivity (Wildman–Crippen MR) is 69.4 cm³/mol. The second kappa shape index (κ2) is 4.28. The third-order valence-corrected chi connectivity index (χ3v) is 2.98. The summed E-state index contributed by atoms with van der Waals surface area (Å²) in [5.74, 6) is -0.0641. The van der Waals surface area contributed by atoms with E-state index in [1.165, 1.54) is 6.07 Å². The molecule has 0 saturated carbocycles. The third-order valence-electron chi connectivity index (χ3n) is 2.98. The number of H-pyrrole nitrogens is 1. The van der Waals surface area contributed by atoms with Crippen molar-refractivity contribution in [3.8, 4) is 11.4 Å². The number of nitrogens with zero attached hydrogens (tertiary/aromatic N) is 2. The highest BCUT2D eigenvalue weighted by Crippen LogP contribution is 2.24. The number of aryl methyl sites for hydroxylation is 1. The summed E-state index contributed by atoms with van der Waals surface area (Å²) in [7, 11) is 0. The van der Waals surface area contributed by atoms with Gasteiger partial charge in [-0.3, -0.25) is 4.79 Å². The van der Waals surface area contributed by atoms with Gasteiger partial charge in [0.05, 0.1) is 16.6 Å². The fourth-order valence-electron chi connectivity index (χ4n) is 2.10. The Morgan fingerprint density at radius 1 is 1.26 bits per heavy atom. The van der Waals surface area contributed by atoms with Crippen LogP contribution in [0.5, 0.6) is 0 Å². The zero-order valence-corrected chi connectivity index (χ0v) is 10.1. The van der Waals surface area contributed by atoms with Crippen LogP contribution in [-0.4, -0.2) is 21.2 Å². The van der Waals surface area contributed by atoms with E-state index in [9.17, 15) is 9.18 Å². The Balaban J connectivity index is 2.28. The molecule has 0 atom stereocenters. The van der Waals surface area contributed by atoms with E-state index in [-0.39, 0.29) is 5.82 Å². The summed E-state index contributed by atoms with van der Waals surface area (Å²) in [6, 6.07) is 6.33. The molecule has 0 aliphatic rings. The van der Waals surface area contributed by atoms with Gasteiger partial charge in [0, 0.05) is 11.8 Å². The first-order valence-corrected chi connectivity index (χ1v) is 5.76. The van der Waals surface area contributed by atoms with Crippen LogP contribution in [0.3, 0.4) is 0 Å². The molecule has 0 radical (unpaired) electrons. The number of hydrogen-bond donors (Lipinski definition) is 1. The molecule has 1 N–H and O–H groups in total. The van der Waals surface area contributed by atoms with Crippen molar-refractivity contribution >= 4 is 17.3 Å². The Labute approximate surface area is 108 Å². The maximum absolute atomic E-state index is 13.7. The number of aldehydes is 1. The average molecular weight is 255 g/mol. The lowest BCUT2D eigenvalue weighted by Gasteiger charge is -2.04. The SMILES string of the molecule is Cc1nc(-c2ccccc2F)nc2[nH]cc(C=O)c12. The molecule has 4 nitrogen and oxygen atoms in total. The summed E-state index contributed by atoms with van der Waals surface area (Å²) < 4.78 is 13.7. The predicted octanol–water partition coefficient (Wildman–Crippen LogP) is 2.88. The number of carbonyl (C=O) groups excluding carboxylic acids is 1. The normalized spacial score (nSPS) is 10.8. The van der Waals surface area contributed by atoms with Gasteiger partial charge >= 0.3 is 0 Å². The van der Waals surface area contributed by atoms with E-state index >= 15 is 0 Å². The van der Waals surface area contributed by atoms with Gasteiger partial charge in [-0.15, -0.1) is 0 Å². The summed E-state index contributed by atoms with van der Waals surface area (Å²) in [4.78, 5) is 22.4. The Hall–Kier alpha value is -2.56. The molecule has 3 aromatic rings. The van der Waals surface area contributed by atoms with Gasteiger partial charge in [0.1, 0.15) is 11.5 Å². The second-order valence-corrected chi connectivity index (χ2v) is 4.20. The van der Waals surface area contributed by atoms with Crippen molar-refractivity contribution in [1.29, 1.82) is 0 Å². The number of aromatic amines is 1. The number of aromatic nitrogens is 3. The first kappa shape index (κ1) is 11.5. The summed E-state index contributed by atoms with van der Waals surface area (Å²) in [5, 5.41) is 0.676. The highest BCUT2D eigenvalue weighted by Gasteiger charge is 2.13. The van der Waals surface area contributed by atoms with Crippen molar-refractivity contribution < 1.29 is 9.18 Å². The molecule has 0 bridgehead atoms. The summed E-state index contributed by atoms with van der Waals surface area (Å²) in [6.07, 6.45) is 2.32. The number of hydrogen-bond acceptors (Lipinski definition) is 3. The highest BCUT2D eigenvalue weighted by atomic mass is 19.1. The lowest BCUT2D eigenvalue weighted by molar-refractivity contribution is 0.112. The van der Waals surface area contributed by atoms with Crippen molar-refractivity contribution in [2.24, 2.45) is 0 Å². The van der Waals surface area contributed by atoms with E-state index in [2.05, 4.69) is 15.0 Å². The smallest absolute Gasteiger partial charge is 0.164 e. The third kappa shape index (κ3) is 1.79. The summed E-state index contributed by atoms with van der Waals surface area (Å²) >= 11 is 0. The molecule has 2 heterocycles. The number of nitrogens with one attached hydrogen (secondary N) is 1. The molecule has 5 heteroatoms. The first-order chi connectivity index (χ1) is 9.20. The van der Waals surface area contributed by atoms with Crippen molar-refractivity contribution in [3.63, 3.8) is 0 Å². The van der Waals surface area contributed by atoms with E-state index in [1.807, 2.05) is 0 Å². The van der Waals surface area contributed by atoms with Crippen molar-refractivity contribution in [2.75, 3.05) is 0 Å². The van der Waals surface area contributed by atoms with E-state index < -0.39 is 0 Å². The van der Waals surface area contributed by atoms with Crippen LogP contribution in [0.15, 0.2) is 30.5 Å². The van der Waals surface area contributed by atoms with Crippen LogP contribution in [0.2, 0.25) is 0 Å². The Morgan fingerprint density at radius 3 is 2.79 bits per heavy atom. The summed E-state index contributed by atoms with van der Waals surface area (Å²) in [6.45, 7) is 1.77. The lowest BCUT2D eigenvalue weighted by Crippen LogP contribution is -1.96. The van der Waals surface area contributed by atoms with Crippen LogP contribution in [0.1, 0.15) is 16.1 Å². The van der Waals surface area contributed by atoms with Gasteiger partial charge < -0.3 is 4.98 Å². The van der Waals surface area contributed by atoms with E-state index in [0.717, 1.165) is 6.29 Å². The molecule has 1 aromatic carbocycles. The van der Waals surface area contributed by atoms with Gasteiger partial charge in [-0.25, -0.2) is 14.4 Å². The fourth-order valence-corrected chi connectivity index (χ4v) is 2.10. The van der Waals surface area contributed by atoms with Crippen LogP contribution >= 0.6 is 0 Å². The Kier molecular flexibility index (Phi) is 2.59. The standard InChI is InChI=1S/C14H10FN3O/c1-8-12-9(7-19)6-16-14(12)18-13(17-8)10-4-2-3-5-11(10)15/h2-7H,1H3,(H,16,17,18). The highest BCUT2D eigenvalue weighted by molar-refractivity contribution is 5.97. The zero-order valence-electron chi connectivity index (χ0n) is 10.1. The van der Waals surface area contributed by atoms with Crippen LogP contribution < -0.4 is 0 Å². The zero-order chi connectivity index (χ0) is 13.4. The number of rotatable bonds is 2. The Morgan fingerprint density at radius 2 is 2.05 bits per heavy atom. The maximum atomic E-state index is 13.7. The largest absolute Gasteiger partial charge is 0.345 e. The van der Waals surface area contributed by atoms with Crippen molar-refractivity contribution in [3.05, 3.63) is 47.5 Å². The molecule has 19 heavy (non-hydrogen) atoms. The van der Waals surface area contributed by atoms with Crippen molar-refractivity contribution in [2.45, 2.75) is 6.92 Å². The topological polar surface area (TPSA) is 58.6 Å². The van der Waals surface area contributed by atoms with Crippen LogP contribution in [0.4, 0.5) is 4.39 Å². The van der Waals surface area contributed by atoms with Crippen LogP contribution in [0, 0.1) is 12.7 Å². The number of carbonyl (C=O) groups is 1. The molecule has 0 saturated heterocycles. The van der Waals surface area contributed by atoms with Gasteiger partial charge in [0.15, 0.2) is 12.1 Å². The minimum atomic E-state index is -0.372. The monoisotopic (exact) mass is 255 g/mol. The second-order valence-electron chi connectivity index (χ2n) is 4.20. The van der Waals surface area contributed by atoms with Crippen LogP contribution in [-0.2, 0) is 0 Å². The van der Waals surface area contributed by atoms with Gasteiger partial charge in [0.25, 0.3) is 0 Å². The van der Waals surface area contributed by atoms with E-state index in [0.29, 0.717) is 33.7 Å². The number of halogens is 1. The molecule has 0 unspecified atom stereocenters. The Bertz CT molecular complexity index is 779. The molecule has 0 amide bonds. The first-order valence-electron chi connectivity index (χ1n) is 5.76. The minimum Gasteiger partial charge on any atom is -0.345 e. The molecular formula is C14H10FN3O. The van der Waals surface area contributed by atoms with Gasteiger partial charge in [0.2, 0.25) is 0 Å². The summed E-state index contributed by atoms with van der Waals surface area (Å²) in [5.41, 5.74) is 2.03. The van der Waals surface area contributed by atoms with E-state index in [1.54, 1.807) is 31.3 Å². The molecule has 94 valence electrons. The van der Waals surface area contributed by atoms with Crippen LogP contribution in [0.25, 0.3) is 22.4 Å². The van der Waals surface area contributed by atoms with Gasteiger partial charge in [-0.1, -0.05) is 12.1 Å². The molecule has 2 aromatic heterocycles. The fraction of sp³-hybridized carbons (Fsp3) is 0.0714. The quantitative estimate of drug-likeness (QED) is 0.716. The van der Waals surface area contributed by atoms with E-state index in [4.69, 9.17) is 0 Å². The van der Waals surface area contributed by atoms with Gasteiger partial charge in [-0.2, -0.15) is 0 Å². The van der Waals surface area contributed by atoms with Crippen molar-refractivity contribution in [1.82, 2.24) is 15.0 Å². The molecule has 3 rings (SSSR count). The molecule has 0 spiro atoms. The number of fused-ring (bicyclic) bond motifs is 1. The van der Waals surface area contributed by atoms with Gasteiger partial charge in [-0.05, 0) is 19.1 Å². The average Bonchev–Trinajstić information content (AvgIpc) is 2.82. The lowest BCUT2D eigenvalue weighted by atomic mass is 10.1. The molecule has 0 aliphatic heterocycles. The molecule has 0 fully saturated rings. The maximum Gasteiger partial charge on any atom is 0.164 e. The molecule has 0 aliphatic carbocycles. The molecular weight excluding hydrogens is 245 g/mol.